The molecule has 4 rings (SSSR count). The molecule has 10 nitrogen and oxygen atoms in total. The number of hydrogen-bond donors (Lipinski definition) is 4. The highest BCUT2D eigenvalue weighted by Crippen LogP contribution is 2.37. The van der Waals surface area contributed by atoms with Crippen LogP contribution < -0.4 is 30.6 Å². The predicted molar refractivity (Wildman–Crippen MR) is 151 cm³/mol. The van der Waals surface area contributed by atoms with Crippen LogP contribution in [0.5, 0.6) is 17.2 Å². The summed E-state index contributed by atoms with van der Waals surface area (Å²) < 4.78 is 22.4. The van der Waals surface area contributed by atoms with Gasteiger partial charge in [-0.2, -0.15) is 0 Å². The van der Waals surface area contributed by atoms with E-state index in [0.29, 0.717) is 52.7 Å². The van der Waals surface area contributed by atoms with E-state index in [9.17, 15) is 14.7 Å². The number of rotatable bonds is 12. The number of carbonyl (C=O) groups is 2. The van der Waals surface area contributed by atoms with E-state index in [1.165, 1.54) is 6.08 Å². The average molecular weight is 548 g/mol. The van der Waals surface area contributed by atoms with Crippen molar-refractivity contribution in [3.63, 3.8) is 0 Å². The number of nitrogens with two attached hydrogens (primary N) is 1. The Morgan fingerprint density at radius 1 is 1.05 bits per heavy atom. The van der Waals surface area contributed by atoms with Gasteiger partial charge < -0.3 is 35.1 Å². The van der Waals surface area contributed by atoms with Crippen LogP contribution in [-0.2, 0) is 9.53 Å². The maximum Gasteiger partial charge on any atom is 0.412 e. The first-order valence-corrected chi connectivity index (χ1v) is 13.0. The van der Waals surface area contributed by atoms with E-state index in [4.69, 9.17) is 24.7 Å². The summed E-state index contributed by atoms with van der Waals surface area (Å²) >= 11 is 0. The van der Waals surface area contributed by atoms with Crippen LogP contribution in [0, 0.1) is 5.92 Å². The Morgan fingerprint density at radius 2 is 1.82 bits per heavy atom. The van der Waals surface area contributed by atoms with Crippen molar-refractivity contribution in [1.82, 2.24) is 0 Å². The topological polar surface area (TPSA) is 141 Å². The van der Waals surface area contributed by atoms with Crippen molar-refractivity contribution in [3.8, 4) is 17.2 Å². The molecule has 0 aliphatic carbocycles. The molecule has 1 heterocycles. The van der Waals surface area contributed by atoms with Crippen LogP contribution in [0.4, 0.5) is 21.9 Å². The Bertz CT molecular complexity index is 1340. The van der Waals surface area contributed by atoms with Crippen molar-refractivity contribution in [2.75, 3.05) is 36.4 Å². The summed E-state index contributed by atoms with van der Waals surface area (Å²) in [6.45, 7) is 2.04. The van der Waals surface area contributed by atoms with Gasteiger partial charge in [-0.3, -0.25) is 10.1 Å². The van der Waals surface area contributed by atoms with E-state index in [1.807, 2.05) is 25.1 Å². The number of nitrogens with one attached hydrogen (secondary N) is 2. The molecule has 10 heteroatoms. The van der Waals surface area contributed by atoms with Crippen LogP contribution >= 0.6 is 0 Å². The van der Waals surface area contributed by atoms with E-state index in [1.54, 1.807) is 54.6 Å². The molecule has 2 amide bonds. The summed E-state index contributed by atoms with van der Waals surface area (Å²) in [5.41, 5.74) is 8.09. The minimum atomic E-state index is -0.671. The van der Waals surface area contributed by atoms with Crippen LogP contribution in [0.15, 0.2) is 78.9 Å². The fourth-order valence-corrected chi connectivity index (χ4v) is 4.21. The van der Waals surface area contributed by atoms with E-state index in [2.05, 4.69) is 10.6 Å². The minimum absolute atomic E-state index is 0.102. The number of fused-ring (bicyclic) bond motifs is 1. The first-order chi connectivity index (χ1) is 19.4. The molecule has 2 atom stereocenters. The average Bonchev–Trinajstić information content (AvgIpc) is 3.42. The molecule has 1 aliphatic rings. The maximum atomic E-state index is 13.0. The lowest BCUT2D eigenvalue weighted by molar-refractivity contribution is -0.111. The number of anilines is 3. The quantitative estimate of drug-likeness (QED) is 0.178. The summed E-state index contributed by atoms with van der Waals surface area (Å²) in [6.07, 6.45) is 3.07. The molecular formula is C30H33N3O7. The SMILES string of the molecule is C[C@@H](CC/C=C/C(=O)Nc1ccccc1N)[C@H](OC(=O)Nc1ccc2c(c1)OCO2)c1ccccc1OCCO. The van der Waals surface area contributed by atoms with Crippen LogP contribution in [0.3, 0.4) is 0 Å². The number of ether oxygens (including phenoxy) is 4. The van der Waals surface area contributed by atoms with Gasteiger partial charge in [0.15, 0.2) is 11.5 Å². The molecule has 0 unspecified atom stereocenters. The van der Waals surface area contributed by atoms with Crippen molar-refractivity contribution < 1.29 is 33.6 Å². The van der Waals surface area contributed by atoms with Gasteiger partial charge in [0.05, 0.1) is 18.0 Å². The molecule has 0 radical (unpaired) electrons. The molecule has 0 aromatic heterocycles. The van der Waals surface area contributed by atoms with Crippen LogP contribution in [-0.4, -0.2) is 37.1 Å². The summed E-state index contributed by atoms with van der Waals surface area (Å²) in [4.78, 5) is 25.3. The molecule has 5 N–H and O–H groups in total. The van der Waals surface area contributed by atoms with Gasteiger partial charge in [0.2, 0.25) is 12.7 Å². The van der Waals surface area contributed by atoms with Gasteiger partial charge in [0, 0.05) is 17.3 Å². The fraction of sp³-hybridized carbons (Fsp3) is 0.267. The van der Waals surface area contributed by atoms with Gasteiger partial charge in [0.1, 0.15) is 18.5 Å². The van der Waals surface area contributed by atoms with E-state index < -0.39 is 12.2 Å². The molecular weight excluding hydrogens is 514 g/mol. The second-order valence-corrected chi connectivity index (χ2v) is 9.16. The Balaban J connectivity index is 1.42. The Hall–Kier alpha value is -4.70. The van der Waals surface area contributed by atoms with Gasteiger partial charge >= 0.3 is 6.09 Å². The predicted octanol–water partition coefficient (Wildman–Crippen LogP) is 5.27. The zero-order chi connectivity index (χ0) is 28.3. The molecule has 0 saturated heterocycles. The highest BCUT2D eigenvalue weighted by molar-refractivity contribution is 6.01. The summed E-state index contributed by atoms with van der Waals surface area (Å²) in [5, 5.41) is 14.8. The molecule has 3 aromatic rings. The highest BCUT2D eigenvalue weighted by atomic mass is 16.7. The number of amides is 2. The second kappa shape index (κ2) is 13.9. The summed E-state index contributed by atoms with van der Waals surface area (Å²) in [6, 6.07) is 19.4. The largest absolute Gasteiger partial charge is 0.491 e. The number of benzene rings is 3. The van der Waals surface area contributed by atoms with Gasteiger partial charge in [-0.1, -0.05) is 43.3 Å². The van der Waals surface area contributed by atoms with Crippen molar-refractivity contribution in [2.45, 2.75) is 25.9 Å². The number of aliphatic hydroxyl groups excluding tert-OH is 1. The molecule has 0 spiro atoms. The van der Waals surface area contributed by atoms with Crippen molar-refractivity contribution in [1.29, 1.82) is 0 Å². The zero-order valence-electron chi connectivity index (χ0n) is 22.2. The van der Waals surface area contributed by atoms with Crippen LogP contribution in [0.1, 0.15) is 31.4 Å². The van der Waals surface area contributed by atoms with E-state index >= 15 is 0 Å². The van der Waals surface area contributed by atoms with Crippen molar-refractivity contribution in [3.05, 3.63) is 84.4 Å². The first kappa shape index (κ1) is 28.3. The van der Waals surface area contributed by atoms with Crippen LogP contribution in [0.2, 0.25) is 0 Å². The molecule has 0 saturated carbocycles. The second-order valence-electron chi connectivity index (χ2n) is 9.16. The third-order valence-corrected chi connectivity index (χ3v) is 6.22. The van der Waals surface area contributed by atoms with Gasteiger partial charge in [-0.05, 0) is 55.2 Å². The van der Waals surface area contributed by atoms with Gasteiger partial charge in [-0.15, -0.1) is 0 Å². The Morgan fingerprint density at radius 3 is 2.65 bits per heavy atom. The van der Waals surface area contributed by atoms with E-state index in [-0.39, 0.29) is 31.8 Å². The standard InChI is InChI=1S/C30H33N3O7/c1-20(8-2-7-13-28(35)33-24-11-5-4-10-23(24)31)29(22-9-3-6-12-25(22)37-17-16-34)40-30(36)32-21-14-15-26-27(18-21)39-19-38-26/h3-7,9-15,18,20,29,34H,2,8,16-17,19,31H2,1H3,(H,32,36)(H,33,35)/b13-7+/t20-,29-/m0/s1. The van der Waals surface area contributed by atoms with E-state index in [0.717, 1.165) is 0 Å². The molecule has 1 aliphatic heterocycles. The maximum absolute atomic E-state index is 13.0. The molecule has 0 fully saturated rings. The van der Waals surface area contributed by atoms with Gasteiger partial charge in [-0.25, -0.2) is 4.79 Å². The molecule has 0 bridgehead atoms. The zero-order valence-corrected chi connectivity index (χ0v) is 22.2. The first-order valence-electron chi connectivity index (χ1n) is 13.0. The monoisotopic (exact) mass is 547 g/mol. The summed E-state index contributed by atoms with van der Waals surface area (Å²) in [7, 11) is 0. The lowest BCUT2D eigenvalue weighted by atomic mass is 9.92. The highest BCUT2D eigenvalue weighted by Gasteiger charge is 2.27. The summed E-state index contributed by atoms with van der Waals surface area (Å²) in [5.74, 6) is 1.22. The Kier molecular flexibility index (Phi) is 9.84. The minimum Gasteiger partial charge on any atom is -0.491 e. The molecule has 40 heavy (non-hydrogen) atoms. The lowest BCUT2D eigenvalue weighted by Gasteiger charge is -2.26. The molecule has 3 aromatic carbocycles. The smallest absolute Gasteiger partial charge is 0.412 e. The lowest BCUT2D eigenvalue weighted by Crippen LogP contribution is -2.22. The number of para-hydroxylation sites is 3. The molecule has 210 valence electrons. The van der Waals surface area contributed by atoms with Crippen LogP contribution in [0.25, 0.3) is 0 Å². The van der Waals surface area contributed by atoms with Crippen molar-refractivity contribution in [2.24, 2.45) is 5.92 Å². The normalized spacial score (nSPS) is 13.4. The van der Waals surface area contributed by atoms with Crippen molar-refractivity contribution >= 4 is 29.1 Å². The number of allylic oxidation sites excluding steroid dienone is 1. The fourth-order valence-electron chi connectivity index (χ4n) is 4.21. The Labute approximate surface area is 232 Å². The number of aliphatic hydroxyl groups is 1. The third-order valence-electron chi connectivity index (χ3n) is 6.22. The third kappa shape index (κ3) is 7.67. The number of carbonyl (C=O) groups excluding carboxylic acids is 2. The number of hydrogen-bond acceptors (Lipinski definition) is 8. The van der Waals surface area contributed by atoms with Gasteiger partial charge in [0.25, 0.3) is 0 Å². The number of nitrogen functional groups attached to an aromatic ring is 1.